The molecule has 2 aromatic carbocycles. The van der Waals surface area contributed by atoms with Gasteiger partial charge in [0, 0.05) is 23.3 Å². The third kappa shape index (κ3) is 5.90. The van der Waals surface area contributed by atoms with Gasteiger partial charge in [-0.15, -0.1) is 4.72 Å². The molecular formula is C20H27FNO3PS. The zero-order chi connectivity index (χ0) is 20.2. The van der Waals surface area contributed by atoms with Crippen LogP contribution in [0.2, 0.25) is 0 Å². The topological polar surface area (TPSA) is 61.4 Å². The lowest BCUT2D eigenvalue weighted by Gasteiger charge is -2.28. The van der Waals surface area contributed by atoms with E-state index in [1.807, 2.05) is 32.9 Å². The van der Waals surface area contributed by atoms with E-state index in [1.54, 1.807) is 37.9 Å². The maximum absolute atomic E-state index is 13.3. The van der Waals surface area contributed by atoms with Crippen molar-refractivity contribution in [1.82, 2.24) is 4.72 Å². The fourth-order valence-corrected chi connectivity index (χ4v) is 4.70. The molecule has 0 fully saturated rings. The molecule has 0 aliphatic heterocycles. The Hall–Kier alpha value is -1.17. The molecule has 2 unspecified atom stereocenters. The minimum absolute atomic E-state index is 0.326. The van der Waals surface area contributed by atoms with Crippen LogP contribution in [0.1, 0.15) is 44.9 Å². The summed E-state index contributed by atoms with van der Waals surface area (Å²) in [5, 5.41) is 0.628. The smallest absolute Gasteiger partial charge is 0.229 e. The van der Waals surface area contributed by atoms with E-state index in [4.69, 9.17) is 4.52 Å². The summed E-state index contributed by atoms with van der Waals surface area (Å²) >= 11 is -1.32. The maximum Gasteiger partial charge on any atom is 0.229 e. The van der Waals surface area contributed by atoms with Crippen molar-refractivity contribution in [3.8, 4) is 0 Å². The van der Waals surface area contributed by atoms with Crippen LogP contribution in [0.3, 0.4) is 0 Å². The molecule has 0 saturated carbocycles. The first kappa shape index (κ1) is 22.1. The third-order valence-electron chi connectivity index (χ3n) is 4.06. The van der Waals surface area contributed by atoms with Gasteiger partial charge >= 0.3 is 0 Å². The molecule has 2 aromatic rings. The zero-order valence-corrected chi connectivity index (χ0v) is 18.1. The van der Waals surface area contributed by atoms with E-state index in [2.05, 4.69) is 4.72 Å². The van der Waals surface area contributed by atoms with Gasteiger partial charge in [-0.05, 0) is 63.1 Å². The Morgan fingerprint density at radius 2 is 1.59 bits per heavy atom. The monoisotopic (exact) mass is 411 g/mol. The maximum atomic E-state index is 13.3. The van der Waals surface area contributed by atoms with Gasteiger partial charge < -0.3 is 9.08 Å². The number of rotatable bonds is 7. The van der Waals surface area contributed by atoms with Crippen LogP contribution in [0.25, 0.3) is 0 Å². The Kier molecular flexibility index (Phi) is 7.28. The molecule has 0 aliphatic carbocycles. The normalized spacial score (nSPS) is 16.6. The van der Waals surface area contributed by atoms with Crippen LogP contribution in [0.4, 0.5) is 4.39 Å². The van der Waals surface area contributed by atoms with E-state index in [1.165, 1.54) is 12.1 Å². The van der Waals surface area contributed by atoms with Crippen LogP contribution in [-0.2, 0) is 20.5 Å². The molecule has 0 radical (unpaired) electrons. The van der Waals surface area contributed by atoms with Crippen molar-refractivity contribution in [3.05, 3.63) is 65.5 Å². The van der Waals surface area contributed by atoms with Gasteiger partial charge in [0.1, 0.15) is 16.6 Å². The van der Waals surface area contributed by atoms with Crippen LogP contribution in [0.15, 0.2) is 48.5 Å². The second-order valence-corrected chi connectivity index (χ2v) is 11.8. The largest absolute Gasteiger partial charge is 0.598 e. The van der Waals surface area contributed by atoms with Crippen LogP contribution < -0.4 is 10.0 Å². The van der Waals surface area contributed by atoms with Crippen molar-refractivity contribution in [1.29, 1.82) is 0 Å². The van der Waals surface area contributed by atoms with Crippen LogP contribution in [-0.4, -0.2) is 22.6 Å². The molecule has 0 heterocycles. The number of halogens is 1. The number of hydrogen-bond acceptors (Lipinski definition) is 4. The van der Waals surface area contributed by atoms with E-state index in [9.17, 15) is 13.5 Å². The Labute approximate surface area is 164 Å². The number of benzene rings is 2. The summed E-state index contributed by atoms with van der Waals surface area (Å²) in [5.74, 6) is -0.326. The Balaban J connectivity index is 2.38. The molecule has 148 valence electrons. The van der Waals surface area contributed by atoms with Gasteiger partial charge in [0.25, 0.3) is 0 Å². The summed E-state index contributed by atoms with van der Waals surface area (Å²) in [7, 11) is -2.86. The molecule has 7 heteroatoms. The van der Waals surface area contributed by atoms with Crippen molar-refractivity contribution in [2.75, 3.05) is 13.3 Å². The van der Waals surface area contributed by atoms with Crippen molar-refractivity contribution in [2.45, 2.75) is 38.5 Å². The van der Waals surface area contributed by atoms with Gasteiger partial charge in [0.05, 0.1) is 6.61 Å². The van der Waals surface area contributed by atoms with Gasteiger partial charge in [-0.25, -0.2) is 4.39 Å². The molecule has 1 N–H and O–H groups in total. The summed E-state index contributed by atoms with van der Waals surface area (Å²) in [4.78, 5) is 0. The summed E-state index contributed by atoms with van der Waals surface area (Å²) in [6.45, 7) is 9.43. The second-order valence-electron chi connectivity index (χ2n) is 7.34. The van der Waals surface area contributed by atoms with Crippen molar-refractivity contribution in [2.24, 2.45) is 0 Å². The SMILES string of the molecule is CCOP(C)(=O)c1ccc([C@@H](N[S+]([O-])C(C)(C)C)c2ccc(F)cc2)cc1. The number of hydrogen-bond donors (Lipinski definition) is 1. The molecule has 0 saturated heterocycles. The zero-order valence-electron chi connectivity index (χ0n) is 16.4. The first-order valence-electron chi connectivity index (χ1n) is 8.80. The predicted octanol–water partition coefficient (Wildman–Crippen LogP) is 4.54. The molecule has 2 rings (SSSR count). The van der Waals surface area contributed by atoms with Gasteiger partial charge in [-0.3, -0.25) is 4.57 Å². The molecule has 0 bridgehead atoms. The van der Waals surface area contributed by atoms with Crippen LogP contribution >= 0.6 is 7.37 Å². The first-order chi connectivity index (χ1) is 12.5. The Morgan fingerprint density at radius 1 is 1.11 bits per heavy atom. The lowest BCUT2D eigenvalue weighted by molar-refractivity contribution is 0.345. The van der Waals surface area contributed by atoms with Crippen molar-refractivity contribution >= 4 is 24.0 Å². The highest BCUT2D eigenvalue weighted by Gasteiger charge is 2.31. The molecule has 0 aliphatic rings. The molecule has 27 heavy (non-hydrogen) atoms. The molecule has 3 atom stereocenters. The minimum Gasteiger partial charge on any atom is -0.598 e. The molecule has 0 aromatic heterocycles. The first-order valence-corrected chi connectivity index (χ1v) is 12.0. The number of nitrogens with one attached hydrogen (secondary N) is 1. The minimum atomic E-state index is -2.86. The molecule has 0 spiro atoms. The van der Waals surface area contributed by atoms with Gasteiger partial charge in [-0.1, -0.05) is 24.3 Å². The van der Waals surface area contributed by atoms with Crippen molar-refractivity contribution < 1.29 is 18.0 Å². The fraction of sp³-hybridized carbons (Fsp3) is 0.400. The predicted molar refractivity (Wildman–Crippen MR) is 111 cm³/mol. The van der Waals surface area contributed by atoms with Gasteiger partial charge in [-0.2, -0.15) is 0 Å². The summed E-state index contributed by atoms with van der Waals surface area (Å²) in [6, 6.07) is 12.9. The highest BCUT2D eigenvalue weighted by atomic mass is 32.2. The van der Waals surface area contributed by atoms with Crippen LogP contribution in [0.5, 0.6) is 0 Å². The molecular weight excluding hydrogens is 384 g/mol. The average molecular weight is 411 g/mol. The van der Waals surface area contributed by atoms with E-state index >= 15 is 0 Å². The van der Waals surface area contributed by atoms with E-state index in [0.717, 1.165) is 11.1 Å². The van der Waals surface area contributed by atoms with Crippen LogP contribution in [0, 0.1) is 5.82 Å². The summed E-state index contributed by atoms with van der Waals surface area (Å²) in [6.07, 6.45) is 0. The highest BCUT2D eigenvalue weighted by Crippen LogP contribution is 2.41. The Morgan fingerprint density at radius 3 is 2.04 bits per heavy atom. The summed E-state index contributed by atoms with van der Waals surface area (Å²) in [5.41, 5.74) is 1.64. The van der Waals surface area contributed by atoms with Gasteiger partial charge in [0.2, 0.25) is 7.37 Å². The third-order valence-corrected chi connectivity index (χ3v) is 7.60. The highest BCUT2D eigenvalue weighted by molar-refractivity contribution is 7.90. The van der Waals surface area contributed by atoms with E-state index in [0.29, 0.717) is 11.9 Å². The Bertz CT molecular complexity index is 790. The quantitative estimate of drug-likeness (QED) is 0.537. The molecule has 4 nitrogen and oxygen atoms in total. The van der Waals surface area contributed by atoms with Crippen molar-refractivity contribution in [3.63, 3.8) is 0 Å². The van der Waals surface area contributed by atoms with E-state index in [-0.39, 0.29) is 11.9 Å². The van der Waals surface area contributed by atoms with E-state index < -0.39 is 23.5 Å². The average Bonchev–Trinajstić information content (AvgIpc) is 2.59. The lowest BCUT2D eigenvalue weighted by Crippen LogP contribution is -2.41. The standard InChI is InChI=1S/C20H27FNO3PS/c1-6-25-26(5,23)18-13-9-16(10-14-18)19(22-27(24)20(2,3)4)15-7-11-17(21)12-8-15/h7-14,19,22H,6H2,1-5H3/t19-,26?,27?/m0/s1. The second kappa shape index (κ2) is 8.89. The lowest BCUT2D eigenvalue weighted by atomic mass is 10.00. The summed E-state index contributed by atoms with van der Waals surface area (Å²) < 4.78 is 46.6. The fourth-order valence-electron chi connectivity index (χ4n) is 2.53. The van der Waals surface area contributed by atoms with Gasteiger partial charge in [0.15, 0.2) is 0 Å². The molecule has 0 amide bonds.